The minimum atomic E-state index is -0.501. The number of halogens is 2. The Bertz CT molecular complexity index is 630. The first-order valence-corrected chi connectivity index (χ1v) is 8.40. The van der Waals surface area contributed by atoms with Gasteiger partial charge in [0.25, 0.3) is 0 Å². The van der Waals surface area contributed by atoms with Crippen LogP contribution in [0.5, 0.6) is 0 Å². The van der Waals surface area contributed by atoms with Crippen molar-refractivity contribution in [1.82, 2.24) is 20.5 Å². The van der Waals surface area contributed by atoms with E-state index in [9.17, 15) is 9.18 Å². The molecule has 1 saturated heterocycles. The number of hydrogen-bond acceptors (Lipinski definition) is 4. The molecule has 1 fully saturated rings. The third kappa shape index (κ3) is 6.93. The summed E-state index contributed by atoms with van der Waals surface area (Å²) in [6, 6.07) is 2.99. The number of aromatic nitrogens is 1. The van der Waals surface area contributed by atoms with E-state index >= 15 is 0 Å². The Hall–Kier alpha value is -1.65. The predicted molar refractivity (Wildman–Crippen MR) is 109 cm³/mol. The molecule has 9 heteroatoms. The van der Waals surface area contributed by atoms with E-state index < -0.39 is 5.60 Å². The van der Waals surface area contributed by atoms with Crippen LogP contribution in [0.3, 0.4) is 0 Å². The molecule has 146 valence electrons. The fraction of sp³-hybridized carbons (Fsp3) is 0.588. The van der Waals surface area contributed by atoms with Gasteiger partial charge in [-0.15, -0.1) is 24.0 Å². The number of likely N-dealkylation sites (tertiary alicyclic amines) is 1. The second-order valence-corrected chi connectivity index (χ2v) is 6.85. The molecule has 2 heterocycles. The largest absolute Gasteiger partial charge is 0.444 e. The van der Waals surface area contributed by atoms with Gasteiger partial charge >= 0.3 is 6.09 Å². The summed E-state index contributed by atoms with van der Waals surface area (Å²) in [5.41, 5.74) is -0.206. The molecule has 1 amide bonds. The molecule has 0 unspecified atom stereocenters. The molecule has 2 rings (SSSR count). The number of ether oxygens (including phenoxy) is 1. The maximum absolute atomic E-state index is 13.6. The van der Waals surface area contributed by atoms with Crippen molar-refractivity contribution in [2.45, 2.75) is 45.9 Å². The Morgan fingerprint density at radius 3 is 2.73 bits per heavy atom. The van der Waals surface area contributed by atoms with E-state index in [4.69, 9.17) is 4.74 Å². The quantitative estimate of drug-likeness (QED) is 0.394. The van der Waals surface area contributed by atoms with Crippen molar-refractivity contribution in [3.8, 4) is 0 Å². The average Bonchev–Trinajstić information content (AvgIpc) is 2.47. The highest BCUT2D eigenvalue weighted by Gasteiger charge is 2.34. The van der Waals surface area contributed by atoms with Gasteiger partial charge in [-0.1, -0.05) is 0 Å². The zero-order valence-electron chi connectivity index (χ0n) is 15.6. The molecule has 0 spiro atoms. The lowest BCUT2D eigenvalue weighted by Gasteiger charge is -2.40. The minimum Gasteiger partial charge on any atom is -0.444 e. The molecule has 26 heavy (non-hydrogen) atoms. The van der Waals surface area contributed by atoms with Gasteiger partial charge in [0.2, 0.25) is 0 Å². The first-order valence-electron chi connectivity index (χ1n) is 8.40. The van der Waals surface area contributed by atoms with Crippen molar-refractivity contribution in [3.63, 3.8) is 0 Å². The van der Waals surface area contributed by atoms with Crippen LogP contribution in [0, 0.1) is 5.82 Å². The zero-order chi connectivity index (χ0) is 18.4. The third-order valence-corrected chi connectivity index (χ3v) is 3.44. The Morgan fingerprint density at radius 1 is 1.46 bits per heavy atom. The first-order chi connectivity index (χ1) is 11.8. The molecular weight excluding hydrogens is 452 g/mol. The van der Waals surface area contributed by atoms with Crippen molar-refractivity contribution in [2.75, 3.05) is 19.6 Å². The van der Waals surface area contributed by atoms with Gasteiger partial charge in [0.05, 0.1) is 18.3 Å². The highest BCUT2D eigenvalue weighted by atomic mass is 127. The van der Waals surface area contributed by atoms with Crippen LogP contribution in [-0.2, 0) is 11.3 Å². The fourth-order valence-electron chi connectivity index (χ4n) is 2.25. The van der Waals surface area contributed by atoms with Gasteiger partial charge in [-0.25, -0.2) is 14.2 Å². The van der Waals surface area contributed by atoms with Crippen molar-refractivity contribution < 1.29 is 13.9 Å². The number of carbonyl (C=O) groups excluding carboxylic acids is 1. The molecule has 1 aromatic heterocycles. The van der Waals surface area contributed by atoms with Gasteiger partial charge in [-0.3, -0.25) is 4.98 Å². The van der Waals surface area contributed by atoms with Crippen LogP contribution >= 0.6 is 24.0 Å². The van der Waals surface area contributed by atoms with Crippen molar-refractivity contribution in [3.05, 3.63) is 29.8 Å². The van der Waals surface area contributed by atoms with Gasteiger partial charge in [-0.05, 0) is 39.8 Å². The van der Waals surface area contributed by atoms with Crippen LogP contribution in [0.15, 0.2) is 23.3 Å². The summed E-state index contributed by atoms with van der Waals surface area (Å²) in [7, 11) is 0. The number of guanidine groups is 1. The highest BCUT2D eigenvalue weighted by Crippen LogP contribution is 2.15. The molecule has 1 aliphatic rings. The summed E-state index contributed by atoms with van der Waals surface area (Å²) >= 11 is 0. The van der Waals surface area contributed by atoms with E-state index in [0.717, 1.165) is 0 Å². The summed E-state index contributed by atoms with van der Waals surface area (Å²) in [6.07, 6.45) is 1.22. The normalized spacial score (nSPS) is 15.0. The lowest BCUT2D eigenvalue weighted by molar-refractivity contribution is 0.00700. The summed E-state index contributed by atoms with van der Waals surface area (Å²) in [4.78, 5) is 21.9. The second-order valence-electron chi connectivity index (χ2n) is 6.85. The predicted octanol–water partition coefficient (Wildman–Crippen LogP) is 2.51. The number of pyridine rings is 1. The van der Waals surface area contributed by atoms with Crippen molar-refractivity contribution in [2.24, 2.45) is 4.99 Å². The smallest absolute Gasteiger partial charge is 0.410 e. The van der Waals surface area contributed by atoms with E-state index in [2.05, 4.69) is 20.6 Å². The van der Waals surface area contributed by atoms with Crippen LogP contribution in [0.2, 0.25) is 0 Å². The average molecular weight is 479 g/mol. The molecule has 2 N–H and O–H groups in total. The van der Waals surface area contributed by atoms with Gasteiger partial charge in [0, 0.05) is 25.8 Å². The molecular formula is C17H27FIN5O2. The van der Waals surface area contributed by atoms with Crippen molar-refractivity contribution in [1.29, 1.82) is 0 Å². The minimum absolute atomic E-state index is 0. The second kappa shape index (κ2) is 9.89. The fourth-order valence-corrected chi connectivity index (χ4v) is 2.25. The maximum atomic E-state index is 13.6. The monoisotopic (exact) mass is 479 g/mol. The first kappa shape index (κ1) is 22.4. The highest BCUT2D eigenvalue weighted by molar-refractivity contribution is 14.0. The molecule has 7 nitrogen and oxygen atoms in total. The molecule has 0 aliphatic carbocycles. The Morgan fingerprint density at radius 2 is 2.15 bits per heavy atom. The number of carbonyl (C=O) groups is 1. The Balaban J connectivity index is 0.00000338. The van der Waals surface area contributed by atoms with Gasteiger partial charge in [0.15, 0.2) is 5.96 Å². The molecule has 0 aromatic carbocycles. The lowest BCUT2D eigenvalue weighted by Crippen LogP contribution is -2.63. The van der Waals surface area contributed by atoms with E-state index in [-0.39, 0.29) is 48.5 Å². The number of hydrogen-bond donors (Lipinski definition) is 2. The van der Waals surface area contributed by atoms with Gasteiger partial charge in [0.1, 0.15) is 11.4 Å². The molecule has 1 aliphatic heterocycles. The molecule has 0 atom stereocenters. The SMILES string of the molecule is CCNC(=NCc1ncccc1F)NC1CN(C(=O)OC(C)(C)C)C1.I. The third-order valence-electron chi connectivity index (χ3n) is 3.44. The molecule has 0 saturated carbocycles. The van der Waals surface area contributed by atoms with E-state index in [0.29, 0.717) is 31.3 Å². The Kier molecular flexibility index (Phi) is 8.51. The van der Waals surface area contributed by atoms with Crippen LogP contribution in [-0.4, -0.2) is 53.2 Å². The van der Waals surface area contributed by atoms with Crippen molar-refractivity contribution >= 4 is 36.0 Å². The number of amides is 1. The van der Waals surface area contributed by atoms with Crippen LogP contribution in [0.25, 0.3) is 0 Å². The topological polar surface area (TPSA) is 78.9 Å². The molecule has 0 radical (unpaired) electrons. The number of nitrogens with zero attached hydrogens (tertiary/aromatic N) is 3. The van der Waals surface area contributed by atoms with Gasteiger partial charge in [-0.2, -0.15) is 0 Å². The van der Waals surface area contributed by atoms with E-state index in [1.165, 1.54) is 6.07 Å². The number of rotatable bonds is 4. The van der Waals surface area contributed by atoms with Gasteiger partial charge < -0.3 is 20.3 Å². The van der Waals surface area contributed by atoms with E-state index in [1.54, 1.807) is 17.2 Å². The van der Waals surface area contributed by atoms with Crippen LogP contribution < -0.4 is 10.6 Å². The van der Waals surface area contributed by atoms with Crippen LogP contribution in [0.4, 0.5) is 9.18 Å². The molecule has 1 aromatic rings. The van der Waals surface area contributed by atoms with Crippen LogP contribution in [0.1, 0.15) is 33.4 Å². The summed E-state index contributed by atoms with van der Waals surface area (Å²) in [5, 5.41) is 6.34. The Labute approximate surface area is 170 Å². The van der Waals surface area contributed by atoms with E-state index in [1.807, 2.05) is 27.7 Å². The lowest BCUT2D eigenvalue weighted by atomic mass is 10.1. The maximum Gasteiger partial charge on any atom is 0.410 e. The summed E-state index contributed by atoms with van der Waals surface area (Å²) in [5.74, 6) is 0.197. The standard InChI is InChI=1S/C17H26FN5O2.HI/c1-5-19-15(21-9-14-13(18)7-6-8-20-14)22-12-10-23(11-12)16(24)25-17(2,3)4;/h6-8,12H,5,9-11H2,1-4H3,(H2,19,21,22);1H. The number of aliphatic imine (C=N–C) groups is 1. The number of nitrogens with one attached hydrogen (secondary N) is 2. The summed E-state index contributed by atoms with van der Waals surface area (Å²) in [6.45, 7) is 9.37. The molecule has 0 bridgehead atoms. The zero-order valence-corrected chi connectivity index (χ0v) is 17.9. The summed E-state index contributed by atoms with van der Waals surface area (Å²) < 4.78 is 18.9.